The van der Waals surface area contributed by atoms with Crippen molar-refractivity contribution in [2.24, 2.45) is 0 Å². The summed E-state index contributed by atoms with van der Waals surface area (Å²) >= 11 is 5.64. The van der Waals surface area contributed by atoms with Gasteiger partial charge in [0.1, 0.15) is 16.7 Å². The van der Waals surface area contributed by atoms with Crippen LogP contribution in [0, 0.1) is 0 Å². The maximum atomic E-state index is 12.2. The van der Waals surface area contributed by atoms with Crippen molar-refractivity contribution in [3.8, 4) is 0 Å². The Labute approximate surface area is 129 Å². The topological polar surface area (TPSA) is 123 Å². The molecule has 0 bridgehead atoms. The number of nitrogens with one attached hydrogen (secondary N) is 2. The normalized spacial score (nSPS) is 10.5. The molecule has 0 aliphatic rings. The highest BCUT2D eigenvalue weighted by Crippen LogP contribution is 2.11. The molecule has 8 nitrogen and oxygen atoms in total. The summed E-state index contributed by atoms with van der Waals surface area (Å²) in [6, 6.07) is 2.90. The molecular formula is C13H14ClN5O3. The molecule has 0 aliphatic carbocycles. The number of pyridine rings is 1. The summed E-state index contributed by atoms with van der Waals surface area (Å²) in [5.74, 6) is -0.777. The first kappa shape index (κ1) is 15.8. The van der Waals surface area contributed by atoms with Gasteiger partial charge in [-0.3, -0.25) is 19.1 Å². The van der Waals surface area contributed by atoms with Crippen LogP contribution in [0.25, 0.3) is 0 Å². The second kappa shape index (κ2) is 6.44. The average molecular weight is 324 g/mol. The fourth-order valence-electron chi connectivity index (χ4n) is 1.83. The van der Waals surface area contributed by atoms with E-state index in [0.29, 0.717) is 6.42 Å². The van der Waals surface area contributed by atoms with Crippen LogP contribution >= 0.6 is 11.6 Å². The van der Waals surface area contributed by atoms with Crippen molar-refractivity contribution >= 4 is 29.0 Å². The van der Waals surface area contributed by atoms with Crippen molar-refractivity contribution in [2.45, 2.75) is 19.9 Å². The van der Waals surface area contributed by atoms with E-state index in [1.165, 1.54) is 18.3 Å². The molecule has 0 atom stereocenters. The van der Waals surface area contributed by atoms with E-state index >= 15 is 0 Å². The molecule has 2 heterocycles. The van der Waals surface area contributed by atoms with Gasteiger partial charge in [0.15, 0.2) is 0 Å². The van der Waals surface area contributed by atoms with Gasteiger partial charge in [0.2, 0.25) is 0 Å². The first-order valence-corrected chi connectivity index (χ1v) is 6.87. The van der Waals surface area contributed by atoms with Crippen molar-refractivity contribution in [3.63, 3.8) is 0 Å². The second-order valence-corrected chi connectivity index (χ2v) is 4.89. The second-order valence-electron chi connectivity index (χ2n) is 4.50. The predicted molar refractivity (Wildman–Crippen MR) is 83.2 cm³/mol. The average Bonchev–Trinajstić information content (AvgIpc) is 2.48. The summed E-state index contributed by atoms with van der Waals surface area (Å²) in [6.45, 7) is 2.04. The highest BCUT2D eigenvalue weighted by atomic mass is 35.5. The Morgan fingerprint density at radius 1 is 1.45 bits per heavy atom. The summed E-state index contributed by atoms with van der Waals surface area (Å²) in [6.07, 6.45) is 1.85. The summed E-state index contributed by atoms with van der Waals surface area (Å²) < 4.78 is 0.978. The van der Waals surface area contributed by atoms with Crippen LogP contribution in [0.15, 0.2) is 27.9 Å². The first-order valence-electron chi connectivity index (χ1n) is 6.49. The zero-order chi connectivity index (χ0) is 16.3. The van der Waals surface area contributed by atoms with Gasteiger partial charge in [-0.2, -0.15) is 0 Å². The smallest absolute Gasteiger partial charge is 0.330 e. The van der Waals surface area contributed by atoms with Crippen LogP contribution in [0.4, 0.5) is 11.5 Å². The van der Waals surface area contributed by atoms with Gasteiger partial charge in [0.25, 0.3) is 11.5 Å². The number of anilines is 2. The standard InChI is InChI=1S/C13H14ClN5O3/c1-2-5-19-12(21)9(10(15)18-13(19)22)17-11(20)7-3-4-8(14)16-6-7/h3-4,6H,2,5,15H2,1H3,(H,17,20)(H,18,22). The summed E-state index contributed by atoms with van der Waals surface area (Å²) in [5.41, 5.74) is 4.38. The number of halogens is 1. The fourth-order valence-corrected chi connectivity index (χ4v) is 1.94. The summed E-state index contributed by atoms with van der Waals surface area (Å²) in [7, 11) is 0. The van der Waals surface area contributed by atoms with Crippen LogP contribution in [0.2, 0.25) is 5.15 Å². The maximum absolute atomic E-state index is 12.2. The lowest BCUT2D eigenvalue weighted by Gasteiger charge is -2.10. The molecule has 0 aromatic carbocycles. The van der Waals surface area contributed by atoms with Crippen molar-refractivity contribution in [3.05, 3.63) is 49.9 Å². The van der Waals surface area contributed by atoms with Crippen LogP contribution < -0.4 is 22.3 Å². The van der Waals surface area contributed by atoms with Gasteiger partial charge in [-0.05, 0) is 18.6 Å². The van der Waals surface area contributed by atoms with Gasteiger partial charge in [-0.1, -0.05) is 18.5 Å². The SMILES string of the molecule is CCCn1c(=O)[nH]c(N)c(NC(=O)c2ccc(Cl)nc2)c1=O. The van der Waals surface area contributed by atoms with Crippen molar-refractivity contribution < 1.29 is 4.79 Å². The molecule has 22 heavy (non-hydrogen) atoms. The highest BCUT2D eigenvalue weighted by Gasteiger charge is 2.15. The third kappa shape index (κ3) is 3.17. The molecule has 2 aromatic heterocycles. The number of hydrogen-bond acceptors (Lipinski definition) is 5. The Kier molecular flexibility index (Phi) is 4.62. The number of aromatic amines is 1. The Morgan fingerprint density at radius 2 is 2.18 bits per heavy atom. The molecule has 0 spiro atoms. The zero-order valence-electron chi connectivity index (χ0n) is 11.7. The predicted octanol–water partition coefficient (Wildman–Crippen LogP) is 0.829. The summed E-state index contributed by atoms with van der Waals surface area (Å²) in [4.78, 5) is 42.1. The quantitative estimate of drug-likeness (QED) is 0.719. The van der Waals surface area contributed by atoms with E-state index in [2.05, 4.69) is 15.3 Å². The van der Waals surface area contributed by atoms with Crippen molar-refractivity contribution in [1.82, 2.24) is 14.5 Å². The van der Waals surface area contributed by atoms with Crippen LogP contribution in [-0.2, 0) is 6.54 Å². The minimum atomic E-state index is -0.654. The van der Waals surface area contributed by atoms with Gasteiger partial charge < -0.3 is 11.1 Å². The van der Waals surface area contributed by atoms with Crippen molar-refractivity contribution in [2.75, 3.05) is 11.1 Å². The first-order chi connectivity index (χ1) is 10.4. The molecule has 0 saturated carbocycles. The van der Waals surface area contributed by atoms with Crippen LogP contribution in [0.1, 0.15) is 23.7 Å². The van der Waals surface area contributed by atoms with E-state index in [4.69, 9.17) is 17.3 Å². The Hall–Kier alpha value is -2.61. The fraction of sp³-hybridized carbons (Fsp3) is 0.231. The maximum Gasteiger partial charge on any atom is 0.330 e. The largest absolute Gasteiger partial charge is 0.383 e. The van der Waals surface area contributed by atoms with Crippen molar-refractivity contribution in [1.29, 1.82) is 0 Å². The lowest BCUT2D eigenvalue weighted by Crippen LogP contribution is -2.38. The third-order valence-electron chi connectivity index (χ3n) is 2.89. The van der Waals surface area contributed by atoms with E-state index in [1.54, 1.807) is 0 Å². The molecule has 0 fully saturated rings. The number of aromatic nitrogens is 3. The summed E-state index contributed by atoms with van der Waals surface area (Å²) in [5, 5.41) is 2.63. The number of amides is 1. The van der Waals surface area contributed by atoms with E-state index in [1.807, 2.05) is 6.92 Å². The van der Waals surface area contributed by atoms with Crippen LogP contribution in [0.3, 0.4) is 0 Å². The van der Waals surface area contributed by atoms with Gasteiger partial charge in [-0.15, -0.1) is 0 Å². The number of hydrogen-bond donors (Lipinski definition) is 3. The lowest BCUT2D eigenvalue weighted by atomic mass is 10.2. The van der Waals surface area contributed by atoms with Gasteiger partial charge in [0.05, 0.1) is 5.56 Å². The van der Waals surface area contributed by atoms with Gasteiger partial charge in [-0.25, -0.2) is 9.78 Å². The number of nitrogen functional groups attached to an aromatic ring is 1. The number of carbonyl (C=O) groups excluding carboxylic acids is 1. The molecule has 2 rings (SSSR count). The number of nitrogens with two attached hydrogens (primary N) is 1. The molecule has 0 saturated heterocycles. The van der Waals surface area contributed by atoms with Gasteiger partial charge in [0, 0.05) is 12.7 Å². The minimum absolute atomic E-state index is 0.173. The number of H-pyrrole nitrogens is 1. The zero-order valence-corrected chi connectivity index (χ0v) is 12.5. The molecule has 0 aliphatic heterocycles. The molecule has 0 radical (unpaired) electrons. The monoisotopic (exact) mass is 323 g/mol. The highest BCUT2D eigenvalue weighted by molar-refractivity contribution is 6.29. The van der Waals surface area contributed by atoms with Gasteiger partial charge >= 0.3 is 5.69 Å². The third-order valence-corrected chi connectivity index (χ3v) is 3.11. The molecule has 9 heteroatoms. The number of carbonyl (C=O) groups is 1. The molecule has 116 valence electrons. The molecule has 0 unspecified atom stereocenters. The van der Waals surface area contributed by atoms with E-state index < -0.39 is 17.2 Å². The van der Waals surface area contributed by atoms with E-state index in [9.17, 15) is 14.4 Å². The minimum Gasteiger partial charge on any atom is -0.383 e. The number of nitrogens with zero attached hydrogens (tertiary/aromatic N) is 2. The molecule has 4 N–H and O–H groups in total. The van der Waals surface area contributed by atoms with E-state index in [-0.39, 0.29) is 28.8 Å². The molecular weight excluding hydrogens is 310 g/mol. The van der Waals surface area contributed by atoms with E-state index in [0.717, 1.165) is 4.57 Å². The van der Waals surface area contributed by atoms with Crippen LogP contribution in [0.5, 0.6) is 0 Å². The molecule has 1 amide bonds. The lowest BCUT2D eigenvalue weighted by molar-refractivity contribution is 0.102. The number of rotatable bonds is 4. The Balaban J connectivity index is 2.39. The Morgan fingerprint density at radius 3 is 2.77 bits per heavy atom. The van der Waals surface area contributed by atoms with Crippen LogP contribution in [-0.4, -0.2) is 20.4 Å². The Bertz CT molecular complexity index is 810. The molecule has 2 aromatic rings.